The van der Waals surface area contributed by atoms with Gasteiger partial charge in [-0.1, -0.05) is 0 Å². The van der Waals surface area contributed by atoms with Crippen molar-refractivity contribution in [1.82, 2.24) is 14.9 Å². The van der Waals surface area contributed by atoms with E-state index in [-0.39, 0.29) is 0 Å². The Morgan fingerprint density at radius 3 is 2.47 bits per heavy atom. The number of hydrogen-bond donors (Lipinski definition) is 0. The lowest BCUT2D eigenvalue weighted by molar-refractivity contribution is 0.321. The molecule has 0 aliphatic rings. The van der Waals surface area contributed by atoms with Gasteiger partial charge < -0.3 is 0 Å². The average Bonchev–Trinajstić information content (AvgIpc) is 2.58. The van der Waals surface area contributed by atoms with Crippen molar-refractivity contribution < 1.29 is 0 Å². The zero-order chi connectivity index (χ0) is 12.3. The Morgan fingerprint density at radius 1 is 1.18 bits per heavy atom. The molecular formula is C13H17N3S. The number of nitrogens with zero attached hydrogens (tertiary/aromatic N) is 3. The average molecular weight is 247 g/mol. The Balaban J connectivity index is 1.98. The topological polar surface area (TPSA) is 29.0 Å². The summed E-state index contributed by atoms with van der Waals surface area (Å²) in [5.74, 6) is 0. The minimum Gasteiger partial charge on any atom is -0.297 e. The predicted octanol–water partition coefficient (Wildman–Crippen LogP) is 2.79. The molecule has 2 aromatic heterocycles. The van der Waals surface area contributed by atoms with Gasteiger partial charge in [0, 0.05) is 30.4 Å². The summed E-state index contributed by atoms with van der Waals surface area (Å²) in [6.45, 7) is 6.04. The Kier molecular flexibility index (Phi) is 3.86. The molecule has 0 amide bonds. The molecule has 2 heterocycles. The normalized spacial score (nSPS) is 11.1. The Hall–Kier alpha value is -1.26. The predicted molar refractivity (Wildman–Crippen MR) is 71.0 cm³/mol. The molecule has 0 saturated heterocycles. The fourth-order valence-corrected chi connectivity index (χ4v) is 2.84. The van der Waals surface area contributed by atoms with Gasteiger partial charge in [-0.2, -0.15) is 0 Å². The highest BCUT2D eigenvalue weighted by Crippen LogP contribution is 2.19. The number of thiazole rings is 1. The monoisotopic (exact) mass is 247 g/mol. The van der Waals surface area contributed by atoms with Crippen LogP contribution in [0.1, 0.15) is 21.1 Å². The smallest absolute Gasteiger partial charge is 0.0900 e. The summed E-state index contributed by atoms with van der Waals surface area (Å²) in [5.41, 5.74) is 2.45. The van der Waals surface area contributed by atoms with E-state index in [2.05, 4.69) is 47.9 Å². The molecule has 90 valence electrons. The van der Waals surface area contributed by atoms with Crippen molar-refractivity contribution in [3.8, 4) is 0 Å². The maximum Gasteiger partial charge on any atom is 0.0900 e. The molecule has 0 atom stereocenters. The first kappa shape index (κ1) is 12.2. The third kappa shape index (κ3) is 3.35. The van der Waals surface area contributed by atoms with Gasteiger partial charge in [0.1, 0.15) is 0 Å². The molecule has 3 nitrogen and oxygen atoms in total. The molecular weight excluding hydrogens is 230 g/mol. The fraction of sp³-hybridized carbons (Fsp3) is 0.385. The molecule has 4 heteroatoms. The van der Waals surface area contributed by atoms with Crippen molar-refractivity contribution in [2.24, 2.45) is 0 Å². The second-order valence-corrected chi connectivity index (χ2v) is 5.56. The van der Waals surface area contributed by atoms with Gasteiger partial charge in [0.2, 0.25) is 0 Å². The summed E-state index contributed by atoms with van der Waals surface area (Å²) < 4.78 is 0. The van der Waals surface area contributed by atoms with E-state index in [1.54, 1.807) is 11.3 Å². The van der Waals surface area contributed by atoms with Crippen molar-refractivity contribution >= 4 is 11.3 Å². The van der Waals surface area contributed by atoms with E-state index in [1.165, 1.54) is 10.4 Å². The molecule has 0 bridgehead atoms. The van der Waals surface area contributed by atoms with Gasteiger partial charge >= 0.3 is 0 Å². The highest BCUT2D eigenvalue weighted by molar-refractivity contribution is 7.11. The van der Waals surface area contributed by atoms with E-state index in [4.69, 9.17) is 0 Å². The summed E-state index contributed by atoms with van der Waals surface area (Å²) in [7, 11) is 2.13. The van der Waals surface area contributed by atoms with E-state index in [0.29, 0.717) is 0 Å². The van der Waals surface area contributed by atoms with Gasteiger partial charge in [-0.25, -0.2) is 4.98 Å². The van der Waals surface area contributed by atoms with Crippen LogP contribution < -0.4 is 0 Å². The molecule has 0 fully saturated rings. The molecule has 17 heavy (non-hydrogen) atoms. The van der Waals surface area contributed by atoms with Crippen LogP contribution in [0.2, 0.25) is 0 Å². The SMILES string of the molecule is Cc1nc(C)c(CN(C)Cc2ccncc2)s1. The summed E-state index contributed by atoms with van der Waals surface area (Å²) in [5, 5.41) is 1.15. The molecule has 2 rings (SSSR count). The molecule has 0 radical (unpaired) electrons. The van der Waals surface area contributed by atoms with Crippen LogP contribution in [0.15, 0.2) is 24.5 Å². The van der Waals surface area contributed by atoms with Crippen molar-refractivity contribution in [2.75, 3.05) is 7.05 Å². The van der Waals surface area contributed by atoms with Gasteiger partial charge in [0.15, 0.2) is 0 Å². The van der Waals surface area contributed by atoms with Crippen LogP contribution in [0, 0.1) is 13.8 Å². The van der Waals surface area contributed by atoms with E-state index in [9.17, 15) is 0 Å². The van der Waals surface area contributed by atoms with Gasteiger partial charge in [-0.05, 0) is 38.6 Å². The lowest BCUT2D eigenvalue weighted by Crippen LogP contribution is -2.17. The number of aromatic nitrogens is 2. The first-order valence-corrected chi connectivity index (χ1v) is 6.47. The molecule has 0 aliphatic heterocycles. The van der Waals surface area contributed by atoms with Gasteiger partial charge in [0.25, 0.3) is 0 Å². The zero-order valence-corrected chi connectivity index (χ0v) is 11.3. The van der Waals surface area contributed by atoms with Crippen LogP contribution in [-0.2, 0) is 13.1 Å². The maximum absolute atomic E-state index is 4.45. The largest absolute Gasteiger partial charge is 0.297 e. The lowest BCUT2D eigenvalue weighted by atomic mass is 10.2. The summed E-state index contributed by atoms with van der Waals surface area (Å²) in [6, 6.07) is 4.11. The molecule has 0 N–H and O–H groups in total. The summed E-state index contributed by atoms with van der Waals surface area (Å²) in [4.78, 5) is 12.1. The number of hydrogen-bond acceptors (Lipinski definition) is 4. The van der Waals surface area contributed by atoms with Gasteiger partial charge in [0.05, 0.1) is 10.7 Å². The van der Waals surface area contributed by atoms with Crippen molar-refractivity contribution in [3.63, 3.8) is 0 Å². The van der Waals surface area contributed by atoms with E-state index in [1.807, 2.05) is 12.4 Å². The van der Waals surface area contributed by atoms with Crippen LogP contribution in [0.5, 0.6) is 0 Å². The zero-order valence-electron chi connectivity index (χ0n) is 10.5. The summed E-state index contributed by atoms with van der Waals surface area (Å²) >= 11 is 1.79. The number of rotatable bonds is 4. The van der Waals surface area contributed by atoms with Crippen LogP contribution >= 0.6 is 11.3 Å². The Labute approximate surface area is 106 Å². The molecule has 0 aliphatic carbocycles. The molecule has 2 aromatic rings. The van der Waals surface area contributed by atoms with Crippen LogP contribution in [-0.4, -0.2) is 21.9 Å². The number of pyridine rings is 1. The van der Waals surface area contributed by atoms with E-state index < -0.39 is 0 Å². The van der Waals surface area contributed by atoms with Gasteiger partial charge in [-0.3, -0.25) is 9.88 Å². The Morgan fingerprint density at radius 2 is 1.88 bits per heavy atom. The van der Waals surface area contributed by atoms with Crippen LogP contribution in [0.4, 0.5) is 0 Å². The Bertz CT molecular complexity index is 479. The van der Waals surface area contributed by atoms with Crippen LogP contribution in [0.3, 0.4) is 0 Å². The first-order valence-electron chi connectivity index (χ1n) is 5.65. The highest BCUT2D eigenvalue weighted by Gasteiger charge is 2.08. The quantitative estimate of drug-likeness (QED) is 0.832. The van der Waals surface area contributed by atoms with Gasteiger partial charge in [-0.15, -0.1) is 11.3 Å². The third-order valence-corrected chi connectivity index (χ3v) is 3.67. The molecule has 0 aromatic carbocycles. The highest BCUT2D eigenvalue weighted by atomic mass is 32.1. The minimum absolute atomic E-state index is 0.943. The van der Waals surface area contributed by atoms with Crippen LogP contribution in [0.25, 0.3) is 0 Å². The molecule has 0 spiro atoms. The van der Waals surface area contributed by atoms with Crippen molar-refractivity contribution in [1.29, 1.82) is 0 Å². The second kappa shape index (κ2) is 5.38. The molecule has 0 unspecified atom stereocenters. The van der Waals surface area contributed by atoms with Crippen molar-refractivity contribution in [3.05, 3.63) is 45.7 Å². The van der Waals surface area contributed by atoms with E-state index in [0.717, 1.165) is 23.8 Å². The lowest BCUT2D eigenvalue weighted by Gasteiger charge is -2.15. The van der Waals surface area contributed by atoms with Crippen molar-refractivity contribution in [2.45, 2.75) is 26.9 Å². The summed E-state index contributed by atoms with van der Waals surface area (Å²) in [6.07, 6.45) is 3.68. The van der Waals surface area contributed by atoms with E-state index >= 15 is 0 Å². The first-order chi connectivity index (χ1) is 8.15. The second-order valence-electron chi connectivity index (χ2n) is 4.27. The maximum atomic E-state index is 4.45. The number of aryl methyl sites for hydroxylation is 2. The minimum atomic E-state index is 0.943. The standard InChI is InChI=1S/C13H17N3S/c1-10-13(17-11(2)15-10)9-16(3)8-12-4-6-14-7-5-12/h4-7H,8-9H2,1-3H3. The molecule has 0 saturated carbocycles. The fourth-order valence-electron chi connectivity index (χ4n) is 1.82. The third-order valence-electron chi connectivity index (χ3n) is 2.61.